The summed E-state index contributed by atoms with van der Waals surface area (Å²) in [5, 5.41) is 3.11. The van der Waals surface area contributed by atoms with E-state index < -0.39 is 0 Å². The second kappa shape index (κ2) is 7.75. The summed E-state index contributed by atoms with van der Waals surface area (Å²) in [5.74, 6) is 4.71. The van der Waals surface area contributed by atoms with Crippen molar-refractivity contribution >= 4 is 5.91 Å². The molecule has 0 spiro atoms. The molecule has 1 rings (SSSR count). The van der Waals surface area contributed by atoms with Gasteiger partial charge in [-0.2, -0.15) is 0 Å². The standard InChI is InChI=1S/C12H21N5O/c1-14-7-4-8-17(2)9-10-5-3-6-11(15-10)12(18)16-13/h3,5-6,14H,4,7-9,13H2,1-2H3,(H,16,18). The van der Waals surface area contributed by atoms with Crippen LogP contribution >= 0.6 is 0 Å². The monoisotopic (exact) mass is 251 g/mol. The molecule has 6 nitrogen and oxygen atoms in total. The summed E-state index contributed by atoms with van der Waals surface area (Å²) < 4.78 is 0. The van der Waals surface area contributed by atoms with E-state index in [2.05, 4.69) is 20.6 Å². The lowest BCUT2D eigenvalue weighted by Crippen LogP contribution is -2.31. The van der Waals surface area contributed by atoms with Crippen LogP contribution in [0.15, 0.2) is 18.2 Å². The predicted molar refractivity (Wildman–Crippen MR) is 70.8 cm³/mol. The molecule has 0 aliphatic carbocycles. The first kappa shape index (κ1) is 14.6. The topological polar surface area (TPSA) is 83.3 Å². The molecule has 18 heavy (non-hydrogen) atoms. The number of carbonyl (C=O) groups excluding carboxylic acids is 1. The van der Waals surface area contributed by atoms with Gasteiger partial charge in [0.25, 0.3) is 5.91 Å². The highest BCUT2D eigenvalue weighted by Gasteiger charge is 2.07. The van der Waals surface area contributed by atoms with E-state index in [1.807, 2.05) is 26.2 Å². The maximum absolute atomic E-state index is 11.3. The summed E-state index contributed by atoms with van der Waals surface area (Å²) in [6, 6.07) is 5.36. The number of nitrogens with zero attached hydrogens (tertiary/aromatic N) is 2. The van der Waals surface area contributed by atoms with Crippen molar-refractivity contribution in [1.29, 1.82) is 0 Å². The van der Waals surface area contributed by atoms with Crippen LogP contribution in [0.2, 0.25) is 0 Å². The van der Waals surface area contributed by atoms with Crippen molar-refractivity contribution in [2.24, 2.45) is 5.84 Å². The van der Waals surface area contributed by atoms with Crippen LogP contribution in [0.25, 0.3) is 0 Å². The molecule has 0 aliphatic heterocycles. The highest BCUT2D eigenvalue weighted by molar-refractivity contribution is 5.91. The molecule has 4 N–H and O–H groups in total. The van der Waals surface area contributed by atoms with Gasteiger partial charge in [0.15, 0.2) is 0 Å². The third-order valence-electron chi connectivity index (χ3n) is 2.57. The van der Waals surface area contributed by atoms with Gasteiger partial charge in [0.1, 0.15) is 5.69 Å². The second-order valence-electron chi connectivity index (χ2n) is 4.18. The molecule has 0 saturated heterocycles. The smallest absolute Gasteiger partial charge is 0.283 e. The first-order valence-corrected chi connectivity index (χ1v) is 5.97. The van der Waals surface area contributed by atoms with Gasteiger partial charge in [0.05, 0.1) is 5.69 Å². The van der Waals surface area contributed by atoms with Crippen molar-refractivity contribution < 1.29 is 4.79 Å². The van der Waals surface area contributed by atoms with Crippen LogP contribution in [0.4, 0.5) is 0 Å². The molecule has 0 aliphatic rings. The first-order chi connectivity index (χ1) is 8.67. The number of nitrogens with two attached hydrogens (primary N) is 1. The Morgan fingerprint density at radius 1 is 1.50 bits per heavy atom. The van der Waals surface area contributed by atoms with Gasteiger partial charge < -0.3 is 10.2 Å². The molecule has 100 valence electrons. The van der Waals surface area contributed by atoms with Crippen molar-refractivity contribution in [1.82, 2.24) is 20.6 Å². The van der Waals surface area contributed by atoms with Crippen LogP contribution in [0, 0.1) is 0 Å². The fraction of sp³-hybridized carbons (Fsp3) is 0.500. The molecule has 1 aromatic heterocycles. The number of hydrogen-bond donors (Lipinski definition) is 3. The molecule has 0 fully saturated rings. The quantitative estimate of drug-likeness (QED) is 0.269. The molecular formula is C12H21N5O. The van der Waals surface area contributed by atoms with Crippen LogP contribution in [0.3, 0.4) is 0 Å². The number of nitrogen functional groups attached to an aromatic ring is 1. The first-order valence-electron chi connectivity index (χ1n) is 5.97. The van der Waals surface area contributed by atoms with E-state index in [4.69, 9.17) is 5.84 Å². The van der Waals surface area contributed by atoms with E-state index in [0.29, 0.717) is 5.69 Å². The lowest BCUT2D eigenvalue weighted by Gasteiger charge is -2.16. The minimum Gasteiger partial charge on any atom is -0.320 e. The van der Waals surface area contributed by atoms with Crippen molar-refractivity contribution in [3.05, 3.63) is 29.6 Å². The van der Waals surface area contributed by atoms with Crippen LogP contribution in [0.1, 0.15) is 22.6 Å². The SMILES string of the molecule is CNCCCN(C)Cc1cccc(C(=O)NN)n1. The number of pyridine rings is 1. The largest absolute Gasteiger partial charge is 0.320 e. The van der Waals surface area contributed by atoms with Crippen LogP contribution in [-0.2, 0) is 6.54 Å². The normalized spacial score (nSPS) is 10.7. The summed E-state index contributed by atoms with van der Waals surface area (Å²) in [7, 11) is 3.98. The van der Waals surface area contributed by atoms with Gasteiger partial charge in [0, 0.05) is 6.54 Å². The summed E-state index contributed by atoms with van der Waals surface area (Å²) in [4.78, 5) is 17.8. The number of carbonyl (C=O) groups is 1. The van der Waals surface area contributed by atoms with E-state index in [1.54, 1.807) is 6.07 Å². The molecule has 0 atom stereocenters. The number of amides is 1. The summed E-state index contributed by atoms with van der Waals surface area (Å²) in [6.45, 7) is 2.69. The van der Waals surface area contributed by atoms with Gasteiger partial charge in [-0.3, -0.25) is 10.2 Å². The van der Waals surface area contributed by atoms with Gasteiger partial charge in [-0.25, -0.2) is 10.8 Å². The van der Waals surface area contributed by atoms with E-state index in [9.17, 15) is 4.79 Å². The van der Waals surface area contributed by atoms with Crippen molar-refractivity contribution in [2.75, 3.05) is 27.2 Å². The van der Waals surface area contributed by atoms with E-state index in [1.165, 1.54) is 0 Å². The Hall–Kier alpha value is -1.50. The van der Waals surface area contributed by atoms with Crippen molar-refractivity contribution in [2.45, 2.75) is 13.0 Å². The molecule has 1 heterocycles. The van der Waals surface area contributed by atoms with E-state index in [-0.39, 0.29) is 5.91 Å². The Balaban J connectivity index is 2.53. The van der Waals surface area contributed by atoms with Gasteiger partial charge in [-0.05, 0) is 45.7 Å². The van der Waals surface area contributed by atoms with Crippen molar-refractivity contribution in [3.8, 4) is 0 Å². The Morgan fingerprint density at radius 2 is 2.28 bits per heavy atom. The minimum absolute atomic E-state index is 0.346. The number of rotatable bonds is 7. The van der Waals surface area contributed by atoms with Crippen LogP contribution in [-0.4, -0.2) is 43.0 Å². The summed E-state index contributed by atoms with van der Waals surface area (Å²) in [5.41, 5.74) is 3.29. The van der Waals surface area contributed by atoms with Crippen LogP contribution < -0.4 is 16.6 Å². The number of aromatic nitrogens is 1. The molecule has 0 saturated carbocycles. The van der Waals surface area contributed by atoms with E-state index in [0.717, 1.165) is 31.7 Å². The number of hydrazine groups is 1. The average Bonchev–Trinajstić information content (AvgIpc) is 2.38. The lowest BCUT2D eigenvalue weighted by molar-refractivity contribution is 0.0948. The third kappa shape index (κ3) is 4.79. The summed E-state index contributed by atoms with van der Waals surface area (Å²) in [6.07, 6.45) is 1.08. The highest BCUT2D eigenvalue weighted by Crippen LogP contribution is 2.03. The molecule has 6 heteroatoms. The zero-order valence-corrected chi connectivity index (χ0v) is 10.9. The third-order valence-corrected chi connectivity index (χ3v) is 2.57. The zero-order chi connectivity index (χ0) is 13.4. The molecular weight excluding hydrogens is 230 g/mol. The van der Waals surface area contributed by atoms with E-state index >= 15 is 0 Å². The van der Waals surface area contributed by atoms with Gasteiger partial charge in [-0.1, -0.05) is 6.07 Å². The second-order valence-corrected chi connectivity index (χ2v) is 4.18. The molecule has 1 amide bonds. The van der Waals surface area contributed by atoms with Gasteiger partial charge in [-0.15, -0.1) is 0 Å². The molecule has 0 radical (unpaired) electrons. The lowest BCUT2D eigenvalue weighted by atomic mass is 10.2. The molecule has 0 unspecified atom stereocenters. The molecule has 0 bridgehead atoms. The number of hydrogen-bond acceptors (Lipinski definition) is 5. The Labute approximate surface area is 108 Å². The van der Waals surface area contributed by atoms with Gasteiger partial charge in [0.2, 0.25) is 0 Å². The Morgan fingerprint density at radius 3 is 2.94 bits per heavy atom. The summed E-state index contributed by atoms with van der Waals surface area (Å²) >= 11 is 0. The molecule has 0 aromatic carbocycles. The maximum Gasteiger partial charge on any atom is 0.283 e. The maximum atomic E-state index is 11.3. The minimum atomic E-state index is -0.366. The average molecular weight is 251 g/mol. The fourth-order valence-corrected chi connectivity index (χ4v) is 1.65. The predicted octanol–water partition coefficient (Wildman–Crippen LogP) is -0.274. The Kier molecular flexibility index (Phi) is 6.27. The van der Waals surface area contributed by atoms with Crippen LogP contribution in [0.5, 0.6) is 0 Å². The zero-order valence-electron chi connectivity index (χ0n) is 10.9. The number of nitrogens with one attached hydrogen (secondary N) is 2. The van der Waals surface area contributed by atoms with Crippen molar-refractivity contribution in [3.63, 3.8) is 0 Å². The highest BCUT2D eigenvalue weighted by atomic mass is 16.2. The fourth-order valence-electron chi connectivity index (χ4n) is 1.65. The Bertz CT molecular complexity index is 382. The molecule has 1 aromatic rings. The van der Waals surface area contributed by atoms with Gasteiger partial charge >= 0.3 is 0 Å².